The highest BCUT2D eigenvalue weighted by Gasteiger charge is 2.58. The summed E-state index contributed by atoms with van der Waals surface area (Å²) in [6.07, 6.45) is -18.3. The van der Waals surface area contributed by atoms with Crippen LogP contribution in [0.15, 0.2) is 11.3 Å². The molecule has 17 heavy (non-hydrogen) atoms. The second-order valence-electron chi connectivity index (χ2n) is 2.63. The van der Waals surface area contributed by atoms with Crippen molar-refractivity contribution < 1.29 is 44.3 Å². The van der Waals surface area contributed by atoms with Crippen molar-refractivity contribution in [2.24, 2.45) is 0 Å². The quantitative estimate of drug-likeness (QED) is 0.548. The van der Waals surface area contributed by atoms with Crippen LogP contribution in [0.5, 0.6) is 0 Å². The zero-order valence-electron chi connectivity index (χ0n) is 8.02. The van der Waals surface area contributed by atoms with Gasteiger partial charge < -0.3 is 4.74 Å². The molecule has 0 radical (unpaired) electrons. The Hall–Kier alpha value is -1.09. The van der Waals surface area contributed by atoms with Crippen molar-refractivity contribution in [1.82, 2.24) is 0 Å². The molecule has 0 aliphatic carbocycles. The predicted octanol–water partition coefficient (Wildman–Crippen LogP) is 3.96. The van der Waals surface area contributed by atoms with Crippen LogP contribution in [0.3, 0.4) is 0 Å². The third kappa shape index (κ3) is 4.35. The maximum absolute atomic E-state index is 12.0. The van der Waals surface area contributed by atoms with E-state index in [0.717, 1.165) is 6.92 Å². The fourth-order valence-electron chi connectivity index (χ4n) is 0.858. The Labute approximate surface area is 88.8 Å². The molecule has 0 fully saturated rings. The first-order valence-electron chi connectivity index (χ1n) is 3.90. The van der Waals surface area contributed by atoms with Gasteiger partial charge in [-0.05, 0) is 6.92 Å². The lowest BCUT2D eigenvalue weighted by atomic mass is 10.2. The lowest BCUT2D eigenvalue weighted by Gasteiger charge is -2.21. The van der Waals surface area contributed by atoms with Crippen LogP contribution in [0.2, 0.25) is 0 Å². The molecule has 1 nitrogen and oxygen atoms in total. The van der Waals surface area contributed by atoms with Gasteiger partial charge in [0.05, 0.1) is 6.61 Å². The lowest BCUT2D eigenvalue weighted by molar-refractivity contribution is -0.194. The van der Waals surface area contributed by atoms with Gasteiger partial charge in [0.2, 0.25) is 5.76 Å². The highest BCUT2D eigenvalue weighted by molar-refractivity contribution is 5.23. The Bertz CT molecular complexity index is 276. The minimum absolute atomic E-state index is 0.829. The van der Waals surface area contributed by atoms with Gasteiger partial charge in [0.1, 0.15) is 0 Å². The molecular formula is C7H5F9O. The molecule has 0 aliphatic heterocycles. The molecule has 0 aliphatic rings. The summed E-state index contributed by atoms with van der Waals surface area (Å²) >= 11 is 0. The van der Waals surface area contributed by atoms with Crippen molar-refractivity contribution in [3.05, 3.63) is 11.3 Å². The van der Waals surface area contributed by atoms with Crippen LogP contribution in [0.4, 0.5) is 39.5 Å². The van der Waals surface area contributed by atoms with Crippen molar-refractivity contribution in [1.29, 1.82) is 0 Å². The molecule has 0 bridgehead atoms. The highest BCUT2D eigenvalue weighted by atomic mass is 19.4. The van der Waals surface area contributed by atoms with E-state index in [1.165, 1.54) is 0 Å². The van der Waals surface area contributed by atoms with E-state index < -0.39 is 36.5 Å². The molecule has 0 saturated heterocycles. The summed E-state index contributed by atoms with van der Waals surface area (Å²) in [6.45, 7) is -0.152. The van der Waals surface area contributed by atoms with Gasteiger partial charge in [-0.15, -0.1) is 0 Å². The summed E-state index contributed by atoms with van der Waals surface area (Å²) in [5.74, 6) is -3.08. The van der Waals surface area contributed by atoms with Crippen molar-refractivity contribution >= 4 is 0 Å². The summed E-state index contributed by atoms with van der Waals surface area (Å²) in [6, 6.07) is 0. The molecule has 0 rings (SSSR count). The van der Waals surface area contributed by atoms with E-state index in [-0.39, 0.29) is 0 Å². The second kappa shape index (κ2) is 4.65. The second-order valence-corrected chi connectivity index (χ2v) is 2.63. The minimum atomic E-state index is -6.21. The van der Waals surface area contributed by atoms with Crippen molar-refractivity contribution in [2.45, 2.75) is 25.5 Å². The predicted molar refractivity (Wildman–Crippen MR) is 36.8 cm³/mol. The fraction of sp³-hybridized carbons (Fsp3) is 0.714. The maximum Gasteiger partial charge on any atom is 0.449 e. The largest absolute Gasteiger partial charge is 0.489 e. The number of hydrogen-bond donors (Lipinski definition) is 0. The molecule has 0 spiro atoms. The Kier molecular flexibility index (Phi) is 4.35. The molecule has 102 valence electrons. The molecule has 0 atom stereocenters. The number of allylic oxidation sites excluding steroid dienone is 2. The number of hydrogen-bond acceptors (Lipinski definition) is 1. The molecule has 0 aromatic heterocycles. The van der Waals surface area contributed by atoms with Crippen molar-refractivity contribution in [3.63, 3.8) is 0 Å². The van der Waals surface area contributed by atoms with Crippen LogP contribution in [0, 0.1) is 0 Å². The van der Waals surface area contributed by atoms with Crippen LogP contribution in [0.25, 0.3) is 0 Å². The summed E-state index contributed by atoms with van der Waals surface area (Å²) in [7, 11) is 0. The monoisotopic (exact) mass is 276 g/mol. The smallest absolute Gasteiger partial charge is 0.449 e. The zero-order chi connectivity index (χ0) is 14.1. The van der Waals surface area contributed by atoms with Crippen LogP contribution < -0.4 is 0 Å². The molecular weight excluding hydrogens is 271 g/mol. The molecule has 0 aromatic rings. The molecule has 0 aromatic carbocycles. The standard InChI is InChI=1S/C7H5F9O/c1-2-17-4(7(14,15)16)3(5(8,9)10)6(11,12)13/h2H2,1H3. The topological polar surface area (TPSA) is 9.23 Å². The van der Waals surface area contributed by atoms with Gasteiger partial charge >= 0.3 is 18.5 Å². The van der Waals surface area contributed by atoms with Gasteiger partial charge in [0, 0.05) is 0 Å². The van der Waals surface area contributed by atoms with Gasteiger partial charge in [-0.1, -0.05) is 0 Å². The highest BCUT2D eigenvalue weighted by Crippen LogP contribution is 2.45. The first kappa shape index (κ1) is 15.9. The van der Waals surface area contributed by atoms with Gasteiger partial charge in [0.15, 0.2) is 5.57 Å². The molecule has 0 amide bonds. The van der Waals surface area contributed by atoms with Gasteiger partial charge in [-0.25, -0.2) is 0 Å². The lowest BCUT2D eigenvalue weighted by Crippen LogP contribution is -2.33. The van der Waals surface area contributed by atoms with Gasteiger partial charge in [-0.2, -0.15) is 39.5 Å². The average Bonchev–Trinajstić information content (AvgIpc) is 1.96. The third-order valence-corrected chi connectivity index (χ3v) is 1.34. The van der Waals surface area contributed by atoms with Crippen LogP contribution in [-0.2, 0) is 4.74 Å². The number of ether oxygens (including phenoxy) is 1. The van der Waals surface area contributed by atoms with E-state index in [0.29, 0.717) is 0 Å². The van der Waals surface area contributed by atoms with Crippen LogP contribution in [0.1, 0.15) is 6.92 Å². The first-order chi connectivity index (χ1) is 7.31. The van der Waals surface area contributed by atoms with Gasteiger partial charge in [-0.3, -0.25) is 0 Å². The maximum atomic E-state index is 12.0. The SMILES string of the molecule is CCOC(=C(C(F)(F)F)C(F)(F)F)C(F)(F)F. The zero-order valence-corrected chi connectivity index (χ0v) is 8.02. The summed E-state index contributed by atoms with van der Waals surface area (Å²) in [4.78, 5) is 0. The van der Waals surface area contributed by atoms with E-state index in [9.17, 15) is 39.5 Å². The molecule has 0 heterocycles. The van der Waals surface area contributed by atoms with Crippen molar-refractivity contribution in [2.75, 3.05) is 6.61 Å². The molecule has 0 unspecified atom stereocenters. The van der Waals surface area contributed by atoms with E-state index in [4.69, 9.17) is 0 Å². The Morgan fingerprint density at radius 2 is 1.12 bits per heavy atom. The summed E-state index contributed by atoms with van der Waals surface area (Å²) in [5, 5.41) is 0. The van der Waals surface area contributed by atoms with E-state index in [1.807, 2.05) is 0 Å². The van der Waals surface area contributed by atoms with Crippen molar-refractivity contribution in [3.8, 4) is 0 Å². The minimum Gasteiger partial charge on any atom is -0.489 e. The van der Waals surface area contributed by atoms with Crippen LogP contribution in [-0.4, -0.2) is 25.1 Å². The molecule has 0 saturated carbocycles. The Morgan fingerprint density at radius 1 is 0.765 bits per heavy atom. The Morgan fingerprint density at radius 3 is 1.29 bits per heavy atom. The third-order valence-electron chi connectivity index (χ3n) is 1.34. The number of alkyl halides is 9. The van der Waals surface area contributed by atoms with Crippen LogP contribution >= 0.6 is 0 Å². The normalized spacial score (nSPS) is 13.5. The van der Waals surface area contributed by atoms with E-state index >= 15 is 0 Å². The summed E-state index contributed by atoms with van der Waals surface area (Å²) in [5.41, 5.74) is -3.70. The number of halogens is 9. The average molecular weight is 276 g/mol. The van der Waals surface area contributed by atoms with E-state index in [2.05, 4.69) is 4.74 Å². The molecule has 10 heteroatoms. The molecule has 0 N–H and O–H groups in total. The number of rotatable bonds is 2. The first-order valence-corrected chi connectivity index (χ1v) is 3.90. The van der Waals surface area contributed by atoms with Gasteiger partial charge in [0.25, 0.3) is 0 Å². The van der Waals surface area contributed by atoms with E-state index in [1.54, 1.807) is 0 Å². The Balaban J connectivity index is 5.95. The fourth-order valence-corrected chi connectivity index (χ4v) is 0.858. The summed E-state index contributed by atoms with van der Waals surface area (Å²) < 4.78 is 111.